The number of hydrogen-bond acceptors (Lipinski definition) is 2. The number of aliphatic hydroxyl groups is 1. The number of aliphatic hydroxyl groups excluding tert-OH is 1. The van der Waals surface area contributed by atoms with Gasteiger partial charge >= 0.3 is 0 Å². The number of hydrogen-bond donors (Lipinski definition) is 3. The summed E-state index contributed by atoms with van der Waals surface area (Å²) in [5, 5.41) is 11.8. The molecule has 0 radical (unpaired) electrons. The number of rotatable bonds is 6. The van der Waals surface area contributed by atoms with E-state index < -0.39 is 0 Å². The van der Waals surface area contributed by atoms with Crippen molar-refractivity contribution in [3.63, 3.8) is 0 Å². The van der Waals surface area contributed by atoms with Gasteiger partial charge < -0.3 is 15.4 Å². The maximum absolute atomic E-state index is 11.9. The van der Waals surface area contributed by atoms with Crippen LogP contribution in [0.15, 0.2) is 6.07 Å². The molecule has 1 amide bonds. The van der Waals surface area contributed by atoms with Crippen LogP contribution in [0.3, 0.4) is 0 Å². The van der Waals surface area contributed by atoms with Gasteiger partial charge in [0.2, 0.25) is 0 Å². The average Bonchev–Trinajstić information content (AvgIpc) is 2.63. The third-order valence-corrected chi connectivity index (χ3v) is 3.04. The number of aryl methyl sites for hydroxylation is 2. The van der Waals surface area contributed by atoms with Gasteiger partial charge in [-0.2, -0.15) is 0 Å². The Hall–Kier alpha value is -1.29. The highest BCUT2D eigenvalue weighted by Gasteiger charge is 2.13. The van der Waals surface area contributed by atoms with Gasteiger partial charge in [0.15, 0.2) is 0 Å². The monoisotopic (exact) mass is 238 g/mol. The van der Waals surface area contributed by atoms with Crippen molar-refractivity contribution < 1.29 is 9.90 Å². The van der Waals surface area contributed by atoms with Gasteiger partial charge in [0.05, 0.1) is 0 Å². The lowest BCUT2D eigenvalue weighted by molar-refractivity contribution is 0.0938. The molecule has 1 atom stereocenters. The van der Waals surface area contributed by atoms with E-state index in [2.05, 4.69) is 17.2 Å². The summed E-state index contributed by atoms with van der Waals surface area (Å²) in [6.45, 7) is 6.72. The summed E-state index contributed by atoms with van der Waals surface area (Å²) >= 11 is 0. The van der Waals surface area contributed by atoms with Gasteiger partial charge in [0, 0.05) is 18.8 Å². The van der Waals surface area contributed by atoms with Crippen molar-refractivity contribution in [3.8, 4) is 0 Å². The molecule has 0 aliphatic heterocycles. The lowest BCUT2D eigenvalue weighted by Gasteiger charge is -2.14. The molecule has 0 aliphatic rings. The first-order chi connectivity index (χ1) is 8.08. The van der Waals surface area contributed by atoms with Crippen molar-refractivity contribution in [3.05, 3.63) is 23.0 Å². The predicted octanol–water partition coefficient (Wildman–Crippen LogP) is 1.77. The minimum Gasteiger partial charge on any atom is -0.396 e. The van der Waals surface area contributed by atoms with Gasteiger partial charge in [0.25, 0.3) is 5.91 Å². The molecule has 0 spiro atoms. The third kappa shape index (κ3) is 3.89. The highest BCUT2D eigenvalue weighted by Crippen LogP contribution is 2.10. The van der Waals surface area contributed by atoms with Gasteiger partial charge in [-0.1, -0.05) is 13.3 Å². The second kappa shape index (κ2) is 6.45. The number of H-pyrrole nitrogens is 1. The van der Waals surface area contributed by atoms with Crippen LogP contribution in [0.2, 0.25) is 0 Å². The molecule has 0 saturated carbocycles. The van der Waals surface area contributed by atoms with Crippen LogP contribution in [0, 0.1) is 19.8 Å². The van der Waals surface area contributed by atoms with E-state index in [1.54, 1.807) is 0 Å². The number of nitrogens with one attached hydrogen (secondary N) is 2. The lowest BCUT2D eigenvalue weighted by Crippen LogP contribution is -2.30. The zero-order chi connectivity index (χ0) is 12.8. The Labute approximate surface area is 102 Å². The Kier molecular flexibility index (Phi) is 5.22. The molecule has 4 nitrogen and oxygen atoms in total. The molecule has 1 aromatic rings. The molecular formula is C13H22N2O2. The summed E-state index contributed by atoms with van der Waals surface area (Å²) < 4.78 is 0. The number of amides is 1. The van der Waals surface area contributed by atoms with Crippen LogP contribution in [-0.4, -0.2) is 29.1 Å². The molecule has 1 aromatic heterocycles. The molecule has 96 valence electrons. The SMILES string of the molecule is CCC(CCO)CNC(=O)c1[nH]c(C)cc1C. The van der Waals surface area contributed by atoms with E-state index in [9.17, 15) is 4.79 Å². The van der Waals surface area contributed by atoms with E-state index in [0.29, 0.717) is 18.2 Å². The molecule has 0 fully saturated rings. The number of aromatic nitrogens is 1. The topological polar surface area (TPSA) is 65.1 Å². The highest BCUT2D eigenvalue weighted by atomic mass is 16.3. The van der Waals surface area contributed by atoms with Crippen molar-refractivity contribution in [2.24, 2.45) is 5.92 Å². The molecule has 1 heterocycles. The van der Waals surface area contributed by atoms with Crippen molar-refractivity contribution in [1.82, 2.24) is 10.3 Å². The van der Waals surface area contributed by atoms with Gasteiger partial charge in [-0.25, -0.2) is 0 Å². The normalized spacial score (nSPS) is 12.5. The average molecular weight is 238 g/mol. The van der Waals surface area contributed by atoms with E-state index in [4.69, 9.17) is 5.11 Å². The van der Waals surface area contributed by atoms with Crippen LogP contribution in [-0.2, 0) is 0 Å². The van der Waals surface area contributed by atoms with Gasteiger partial charge in [-0.15, -0.1) is 0 Å². The minimum atomic E-state index is -0.0630. The standard InChI is InChI=1S/C13H22N2O2/c1-4-11(5-6-16)8-14-13(17)12-9(2)7-10(3)15-12/h7,11,15-16H,4-6,8H2,1-3H3,(H,14,17). The molecule has 0 aliphatic carbocycles. The fourth-order valence-corrected chi connectivity index (χ4v) is 1.92. The van der Waals surface area contributed by atoms with E-state index in [0.717, 1.165) is 24.1 Å². The van der Waals surface area contributed by atoms with Gasteiger partial charge in [0.1, 0.15) is 5.69 Å². The molecule has 1 unspecified atom stereocenters. The van der Waals surface area contributed by atoms with Crippen molar-refractivity contribution in [1.29, 1.82) is 0 Å². The van der Waals surface area contributed by atoms with Crippen LogP contribution >= 0.6 is 0 Å². The molecule has 4 heteroatoms. The molecule has 1 rings (SSSR count). The summed E-state index contributed by atoms with van der Waals surface area (Å²) in [6.07, 6.45) is 1.70. The maximum atomic E-state index is 11.9. The highest BCUT2D eigenvalue weighted by molar-refractivity contribution is 5.93. The fourth-order valence-electron chi connectivity index (χ4n) is 1.92. The summed E-state index contributed by atoms with van der Waals surface area (Å²) in [5.41, 5.74) is 2.60. The van der Waals surface area contributed by atoms with Gasteiger partial charge in [-0.3, -0.25) is 4.79 Å². The molecule has 0 bridgehead atoms. The Morgan fingerprint density at radius 2 is 2.24 bits per heavy atom. The molecule has 3 N–H and O–H groups in total. The second-order valence-corrected chi connectivity index (χ2v) is 4.51. The Balaban J connectivity index is 2.52. The minimum absolute atomic E-state index is 0.0630. The molecule has 17 heavy (non-hydrogen) atoms. The predicted molar refractivity (Wildman–Crippen MR) is 68.1 cm³/mol. The largest absolute Gasteiger partial charge is 0.396 e. The van der Waals surface area contributed by atoms with Crippen LogP contribution in [0.1, 0.15) is 41.5 Å². The van der Waals surface area contributed by atoms with Crippen LogP contribution < -0.4 is 5.32 Å². The number of aromatic amines is 1. The van der Waals surface area contributed by atoms with Crippen LogP contribution in [0.5, 0.6) is 0 Å². The van der Waals surface area contributed by atoms with Gasteiger partial charge in [-0.05, 0) is 37.8 Å². The maximum Gasteiger partial charge on any atom is 0.267 e. The smallest absolute Gasteiger partial charge is 0.267 e. The van der Waals surface area contributed by atoms with Crippen LogP contribution in [0.25, 0.3) is 0 Å². The quantitative estimate of drug-likeness (QED) is 0.707. The van der Waals surface area contributed by atoms with Crippen molar-refractivity contribution in [2.45, 2.75) is 33.6 Å². The lowest BCUT2D eigenvalue weighted by atomic mass is 10.0. The van der Waals surface area contributed by atoms with E-state index in [1.165, 1.54) is 0 Å². The zero-order valence-electron chi connectivity index (χ0n) is 10.8. The number of carbonyl (C=O) groups excluding carboxylic acids is 1. The number of carbonyl (C=O) groups is 1. The second-order valence-electron chi connectivity index (χ2n) is 4.51. The first-order valence-corrected chi connectivity index (χ1v) is 6.13. The third-order valence-electron chi connectivity index (χ3n) is 3.04. The van der Waals surface area contributed by atoms with Crippen molar-refractivity contribution >= 4 is 5.91 Å². The zero-order valence-corrected chi connectivity index (χ0v) is 10.8. The summed E-state index contributed by atoms with van der Waals surface area (Å²) in [7, 11) is 0. The van der Waals surface area contributed by atoms with E-state index in [1.807, 2.05) is 19.9 Å². The Morgan fingerprint density at radius 1 is 1.53 bits per heavy atom. The summed E-state index contributed by atoms with van der Waals surface area (Å²) in [5.74, 6) is 0.285. The van der Waals surface area contributed by atoms with E-state index >= 15 is 0 Å². The Bertz CT molecular complexity index is 371. The fraction of sp³-hybridized carbons (Fsp3) is 0.615. The summed E-state index contributed by atoms with van der Waals surface area (Å²) in [4.78, 5) is 15.0. The molecule has 0 aromatic carbocycles. The summed E-state index contributed by atoms with van der Waals surface area (Å²) in [6, 6.07) is 1.96. The van der Waals surface area contributed by atoms with E-state index in [-0.39, 0.29) is 12.5 Å². The molecular weight excluding hydrogens is 216 g/mol. The van der Waals surface area contributed by atoms with Crippen molar-refractivity contribution in [2.75, 3.05) is 13.2 Å². The Morgan fingerprint density at radius 3 is 2.71 bits per heavy atom. The van der Waals surface area contributed by atoms with Crippen LogP contribution in [0.4, 0.5) is 0 Å². The first kappa shape index (κ1) is 13.8. The first-order valence-electron chi connectivity index (χ1n) is 6.13. The molecule has 0 saturated heterocycles.